The smallest absolute Gasteiger partial charge is 0.138 e. The highest BCUT2D eigenvalue weighted by molar-refractivity contribution is 6.23. The van der Waals surface area contributed by atoms with E-state index in [2.05, 4.69) is 138 Å². The summed E-state index contributed by atoms with van der Waals surface area (Å²) in [6, 6.07) is 54.6. The van der Waals surface area contributed by atoms with Gasteiger partial charge in [-0.1, -0.05) is 140 Å². The van der Waals surface area contributed by atoms with Crippen LogP contribution in [0.3, 0.4) is 0 Å². The largest absolute Gasteiger partial charge is 0.338 e. The van der Waals surface area contributed by atoms with Gasteiger partial charge < -0.3 is 4.98 Å². The number of rotatable bonds is 4. The van der Waals surface area contributed by atoms with Gasteiger partial charge in [0.2, 0.25) is 0 Å². The summed E-state index contributed by atoms with van der Waals surface area (Å²) in [6.07, 6.45) is 0. The van der Waals surface area contributed by atoms with Crippen LogP contribution in [0.2, 0.25) is 0 Å². The van der Waals surface area contributed by atoms with Gasteiger partial charge in [0, 0.05) is 5.56 Å². The predicted molar refractivity (Wildman–Crippen MR) is 180 cm³/mol. The lowest BCUT2D eigenvalue weighted by molar-refractivity contribution is 1.34. The normalized spacial score (nSPS) is 11.7. The number of benzene rings is 7. The van der Waals surface area contributed by atoms with Crippen LogP contribution in [0.15, 0.2) is 152 Å². The van der Waals surface area contributed by atoms with Gasteiger partial charge in [-0.15, -0.1) is 0 Å². The summed E-state index contributed by atoms with van der Waals surface area (Å²) < 4.78 is 0. The molecular formula is C41H26N2. The van der Waals surface area contributed by atoms with E-state index in [4.69, 9.17) is 4.98 Å². The second-order valence-corrected chi connectivity index (χ2v) is 11.2. The van der Waals surface area contributed by atoms with Gasteiger partial charge >= 0.3 is 0 Å². The molecule has 1 aliphatic carbocycles. The van der Waals surface area contributed by atoms with Crippen molar-refractivity contribution >= 4 is 21.8 Å². The monoisotopic (exact) mass is 546 g/mol. The van der Waals surface area contributed by atoms with Crippen molar-refractivity contribution in [3.63, 3.8) is 0 Å². The first kappa shape index (κ1) is 23.9. The van der Waals surface area contributed by atoms with Crippen molar-refractivity contribution in [2.75, 3.05) is 0 Å². The molecule has 1 heterocycles. The average Bonchev–Trinajstić information content (AvgIpc) is 3.67. The zero-order valence-electron chi connectivity index (χ0n) is 23.4. The Labute approximate surface area is 250 Å². The summed E-state index contributed by atoms with van der Waals surface area (Å²) in [5.41, 5.74) is 15.9. The van der Waals surface area contributed by atoms with Crippen molar-refractivity contribution in [2.45, 2.75) is 0 Å². The van der Waals surface area contributed by atoms with E-state index in [9.17, 15) is 0 Å². The topological polar surface area (TPSA) is 28.7 Å². The summed E-state index contributed by atoms with van der Waals surface area (Å²) in [7, 11) is 0. The summed E-state index contributed by atoms with van der Waals surface area (Å²) in [5.74, 6) is 0.894. The van der Waals surface area contributed by atoms with Crippen molar-refractivity contribution in [1.29, 1.82) is 0 Å². The second-order valence-electron chi connectivity index (χ2n) is 11.2. The van der Waals surface area contributed by atoms with Gasteiger partial charge in [0.15, 0.2) is 0 Å². The molecule has 0 atom stereocenters. The van der Waals surface area contributed by atoms with Crippen molar-refractivity contribution in [3.8, 4) is 67.0 Å². The van der Waals surface area contributed by atoms with E-state index >= 15 is 0 Å². The van der Waals surface area contributed by atoms with E-state index in [1.54, 1.807) is 0 Å². The van der Waals surface area contributed by atoms with Crippen LogP contribution in [0.25, 0.3) is 88.8 Å². The van der Waals surface area contributed by atoms with E-state index < -0.39 is 0 Å². The highest BCUT2D eigenvalue weighted by atomic mass is 14.9. The number of H-pyrrole nitrogens is 1. The molecule has 0 fully saturated rings. The molecule has 0 saturated carbocycles. The SMILES string of the molecule is c1ccc(-c2ccc(-c3ccccc3)c3c2-c2cccc4c(-c5ccc(-c6nc7ccccc7[nH]6)cc5)ccc-3c24)cc1. The Morgan fingerprint density at radius 2 is 0.907 bits per heavy atom. The van der Waals surface area contributed by atoms with Crippen LogP contribution in [-0.4, -0.2) is 9.97 Å². The molecule has 1 aromatic heterocycles. The molecule has 7 aromatic carbocycles. The molecule has 0 bridgehead atoms. The molecule has 200 valence electrons. The zero-order valence-corrected chi connectivity index (χ0v) is 23.4. The van der Waals surface area contributed by atoms with Crippen LogP contribution >= 0.6 is 0 Å². The number of aromatic amines is 1. The minimum Gasteiger partial charge on any atom is -0.338 e. The standard InChI is InChI=1S/C41H26N2/c1-3-10-26(11-4-1)31-23-24-32(27-12-5-2-6-13-27)40-35-25-22-30(33-14-9-15-34(38(33)35)39(31)40)28-18-20-29(21-19-28)41-42-36-16-7-8-17-37(36)43-41/h1-25H,(H,42,43). The van der Waals surface area contributed by atoms with Crippen molar-refractivity contribution in [2.24, 2.45) is 0 Å². The average molecular weight is 547 g/mol. The Bertz CT molecular complexity index is 2210. The van der Waals surface area contributed by atoms with Crippen LogP contribution in [0.5, 0.6) is 0 Å². The Balaban J connectivity index is 1.23. The van der Waals surface area contributed by atoms with Gasteiger partial charge in [-0.25, -0.2) is 4.98 Å². The molecular weight excluding hydrogens is 520 g/mol. The number of fused-ring (bicyclic) bond motifs is 4. The fraction of sp³-hybridized carbons (Fsp3) is 0. The maximum absolute atomic E-state index is 4.80. The lowest BCUT2D eigenvalue weighted by atomic mass is 9.88. The molecule has 0 radical (unpaired) electrons. The summed E-state index contributed by atoms with van der Waals surface area (Å²) in [4.78, 5) is 8.26. The molecule has 9 rings (SSSR count). The first-order valence-corrected chi connectivity index (χ1v) is 14.7. The Hall–Kier alpha value is -5.73. The van der Waals surface area contributed by atoms with Gasteiger partial charge in [0.1, 0.15) is 5.82 Å². The number of nitrogens with one attached hydrogen (secondary N) is 1. The third-order valence-corrected chi connectivity index (χ3v) is 8.81. The molecule has 43 heavy (non-hydrogen) atoms. The van der Waals surface area contributed by atoms with Crippen molar-refractivity contribution in [1.82, 2.24) is 9.97 Å². The molecule has 2 heteroatoms. The maximum atomic E-state index is 4.80. The first-order valence-electron chi connectivity index (χ1n) is 14.7. The third-order valence-electron chi connectivity index (χ3n) is 8.81. The predicted octanol–water partition coefficient (Wildman–Crippen LogP) is 11.0. The Kier molecular flexibility index (Phi) is 5.23. The van der Waals surface area contributed by atoms with Crippen LogP contribution in [-0.2, 0) is 0 Å². The third kappa shape index (κ3) is 3.70. The maximum Gasteiger partial charge on any atom is 0.138 e. The van der Waals surface area contributed by atoms with Crippen molar-refractivity contribution < 1.29 is 0 Å². The minimum atomic E-state index is 0.894. The van der Waals surface area contributed by atoms with Gasteiger partial charge in [-0.05, 0) is 78.5 Å². The van der Waals surface area contributed by atoms with Crippen LogP contribution in [0.1, 0.15) is 0 Å². The number of imidazole rings is 1. The number of aromatic nitrogens is 2. The molecule has 0 amide bonds. The molecule has 0 spiro atoms. The van der Waals surface area contributed by atoms with Gasteiger partial charge in [0.25, 0.3) is 0 Å². The molecule has 1 aliphatic rings. The molecule has 0 saturated heterocycles. The van der Waals surface area contributed by atoms with Gasteiger partial charge in [-0.3, -0.25) is 0 Å². The Morgan fingerprint density at radius 3 is 1.58 bits per heavy atom. The number of nitrogens with zero attached hydrogens (tertiary/aromatic N) is 1. The summed E-state index contributed by atoms with van der Waals surface area (Å²) in [6.45, 7) is 0. The fourth-order valence-corrected chi connectivity index (χ4v) is 6.85. The van der Waals surface area contributed by atoms with Crippen molar-refractivity contribution in [3.05, 3.63) is 152 Å². The highest BCUT2D eigenvalue weighted by Crippen LogP contribution is 2.55. The van der Waals surface area contributed by atoms with E-state index in [-0.39, 0.29) is 0 Å². The fourth-order valence-electron chi connectivity index (χ4n) is 6.85. The number of hydrogen-bond donors (Lipinski definition) is 1. The summed E-state index contributed by atoms with van der Waals surface area (Å²) >= 11 is 0. The quantitative estimate of drug-likeness (QED) is 0.234. The van der Waals surface area contributed by atoms with Gasteiger partial charge in [0.05, 0.1) is 11.0 Å². The van der Waals surface area contributed by atoms with E-state index in [0.717, 1.165) is 22.4 Å². The zero-order chi connectivity index (χ0) is 28.3. The lowest BCUT2D eigenvalue weighted by Gasteiger charge is -2.15. The number of para-hydroxylation sites is 2. The lowest BCUT2D eigenvalue weighted by Crippen LogP contribution is -1.89. The second kappa shape index (κ2) is 9.40. The molecule has 2 nitrogen and oxygen atoms in total. The van der Waals surface area contributed by atoms with Crippen LogP contribution < -0.4 is 0 Å². The van der Waals surface area contributed by atoms with Crippen LogP contribution in [0, 0.1) is 0 Å². The van der Waals surface area contributed by atoms with Crippen LogP contribution in [0.4, 0.5) is 0 Å². The minimum absolute atomic E-state index is 0.894. The van der Waals surface area contributed by atoms with E-state index in [1.807, 2.05) is 18.2 Å². The Morgan fingerprint density at radius 1 is 0.372 bits per heavy atom. The highest BCUT2D eigenvalue weighted by Gasteiger charge is 2.28. The summed E-state index contributed by atoms with van der Waals surface area (Å²) in [5, 5.41) is 2.61. The molecule has 8 aromatic rings. The molecule has 0 aliphatic heterocycles. The van der Waals surface area contributed by atoms with Gasteiger partial charge in [-0.2, -0.15) is 0 Å². The number of hydrogen-bond acceptors (Lipinski definition) is 1. The molecule has 1 N–H and O–H groups in total. The first-order chi connectivity index (χ1) is 21.3. The van der Waals surface area contributed by atoms with E-state index in [1.165, 1.54) is 66.4 Å². The van der Waals surface area contributed by atoms with E-state index in [0.29, 0.717) is 0 Å². The molecule has 0 unspecified atom stereocenters.